The number of rotatable bonds is 6. The number of hydrogen-bond acceptors (Lipinski definition) is 4. The Balaban J connectivity index is 2.20. The molecule has 0 aliphatic carbocycles. The molecule has 1 aliphatic rings. The third-order valence-corrected chi connectivity index (χ3v) is 4.22. The average molecular weight is 291 g/mol. The van der Waals surface area contributed by atoms with Crippen molar-refractivity contribution in [3.05, 3.63) is 28.3 Å². The number of piperidine rings is 1. The van der Waals surface area contributed by atoms with E-state index in [0.29, 0.717) is 12.2 Å². The fourth-order valence-corrected chi connectivity index (χ4v) is 3.18. The molecule has 0 bridgehead atoms. The van der Waals surface area contributed by atoms with Crippen LogP contribution in [-0.4, -0.2) is 24.6 Å². The Kier molecular flexibility index (Phi) is 5.42. The molecule has 1 aliphatic heterocycles. The monoisotopic (exact) mass is 291 g/mol. The number of hydrogen-bond donors (Lipinski definition) is 1. The van der Waals surface area contributed by atoms with Gasteiger partial charge in [0.15, 0.2) is 0 Å². The molecule has 1 heterocycles. The van der Waals surface area contributed by atoms with Crippen LogP contribution in [0.4, 0.5) is 17.1 Å². The van der Waals surface area contributed by atoms with Crippen LogP contribution in [0.2, 0.25) is 0 Å². The summed E-state index contributed by atoms with van der Waals surface area (Å²) in [5.41, 5.74) is 1.59. The van der Waals surface area contributed by atoms with Crippen LogP contribution >= 0.6 is 0 Å². The van der Waals surface area contributed by atoms with E-state index in [1.165, 1.54) is 12.8 Å². The highest BCUT2D eigenvalue weighted by atomic mass is 16.6. The minimum Gasteiger partial charge on any atom is -0.380 e. The van der Waals surface area contributed by atoms with E-state index < -0.39 is 0 Å². The lowest BCUT2D eigenvalue weighted by Gasteiger charge is -2.33. The van der Waals surface area contributed by atoms with Gasteiger partial charge in [-0.05, 0) is 37.8 Å². The third kappa shape index (κ3) is 3.65. The lowest BCUT2D eigenvalue weighted by Crippen LogP contribution is -2.34. The van der Waals surface area contributed by atoms with Crippen molar-refractivity contribution < 1.29 is 4.92 Å². The zero-order valence-electron chi connectivity index (χ0n) is 13.0. The zero-order valence-corrected chi connectivity index (χ0v) is 13.0. The van der Waals surface area contributed by atoms with Crippen LogP contribution in [0.5, 0.6) is 0 Å². The maximum Gasteiger partial charge on any atom is 0.315 e. The molecule has 0 spiro atoms. The van der Waals surface area contributed by atoms with Gasteiger partial charge in [0.1, 0.15) is 11.4 Å². The topological polar surface area (TPSA) is 58.4 Å². The summed E-state index contributed by atoms with van der Waals surface area (Å²) in [6.07, 6.45) is 4.76. The predicted octanol–water partition coefficient (Wildman–Crippen LogP) is 4.04. The van der Waals surface area contributed by atoms with Crippen LogP contribution in [0, 0.1) is 16.0 Å². The van der Waals surface area contributed by atoms with E-state index in [1.54, 1.807) is 6.07 Å². The Morgan fingerprint density at radius 1 is 1.33 bits per heavy atom. The Labute approximate surface area is 126 Å². The summed E-state index contributed by atoms with van der Waals surface area (Å²) in [5.74, 6) is 0.780. The molecule has 0 saturated carbocycles. The van der Waals surface area contributed by atoms with Crippen LogP contribution < -0.4 is 10.2 Å². The second-order valence-electron chi connectivity index (χ2n) is 5.68. The van der Waals surface area contributed by atoms with E-state index in [2.05, 4.69) is 17.1 Å². The van der Waals surface area contributed by atoms with Crippen molar-refractivity contribution in [1.82, 2.24) is 0 Å². The van der Waals surface area contributed by atoms with Gasteiger partial charge >= 0.3 is 5.69 Å². The van der Waals surface area contributed by atoms with Crippen molar-refractivity contribution in [2.75, 3.05) is 29.9 Å². The number of nitrogens with zero attached hydrogens (tertiary/aromatic N) is 2. The molecular weight excluding hydrogens is 266 g/mol. The highest BCUT2D eigenvalue weighted by Crippen LogP contribution is 2.37. The largest absolute Gasteiger partial charge is 0.380 e. The summed E-state index contributed by atoms with van der Waals surface area (Å²) < 4.78 is 0. The summed E-state index contributed by atoms with van der Waals surface area (Å²) in [7, 11) is 0. The number of anilines is 2. The fourth-order valence-electron chi connectivity index (χ4n) is 3.18. The third-order valence-electron chi connectivity index (χ3n) is 4.22. The summed E-state index contributed by atoms with van der Waals surface area (Å²) in [6, 6.07) is 5.56. The first kappa shape index (κ1) is 15.6. The molecular formula is C16H25N3O2. The summed E-state index contributed by atoms with van der Waals surface area (Å²) >= 11 is 0. The van der Waals surface area contributed by atoms with Gasteiger partial charge in [-0.3, -0.25) is 10.1 Å². The van der Waals surface area contributed by atoms with E-state index in [-0.39, 0.29) is 10.6 Å². The predicted molar refractivity (Wildman–Crippen MR) is 87.1 cm³/mol. The van der Waals surface area contributed by atoms with E-state index in [0.717, 1.165) is 37.5 Å². The highest BCUT2D eigenvalue weighted by Gasteiger charge is 2.26. The summed E-state index contributed by atoms with van der Waals surface area (Å²) in [6.45, 7) is 6.69. The van der Waals surface area contributed by atoms with Gasteiger partial charge in [0, 0.05) is 19.6 Å². The Morgan fingerprint density at radius 2 is 2.05 bits per heavy atom. The molecule has 2 rings (SSSR count). The maximum absolute atomic E-state index is 11.5. The van der Waals surface area contributed by atoms with Crippen LogP contribution in [0.1, 0.15) is 39.5 Å². The summed E-state index contributed by atoms with van der Waals surface area (Å²) in [4.78, 5) is 13.4. The van der Waals surface area contributed by atoms with E-state index in [4.69, 9.17) is 0 Å². The van der Waals surface area contributed by atoms with Crippen LogP contribution in [0.15, 0.2) is 18.2 Å². The lowest BCUT2D eigenvalue weighted by molar-refractivity contribution is -0.383. The molecule has 5 nitrogen and oxygen atoms in total. The minimum atomic E-state index is -0.258. The molecule has 0 amide bonds. The van der Waals surface area contributed by atoms with Gasteiger partial charge in [-0.15, -0.1) is 0 Å². The van der Waals surface area contributed by atoms with E-state index in [9.17, 15) is 10.1 Å². The smallest absolute Gasteiger partial charge is 0.315 e. The van der Waals surface area contributed by atoms with Gasteiger partial charge in [-0.2, -0.15) is 0 Å². The number of nitro groups is 1. The van der Waals surface area contributed by atoms with Crippen molar-refractivity contribution in [1.29, 1.82) is 0 Å². The molecule has 0 unspecified atom stereocenters. The lowest BCUT2D eigenvalue weighted by atomic mass is 9.92. The van der Waals surface area contributed by atoms with Crippen LogP contribution in [0.25, 0.3) is 0 Å². The maximum atomic E-state index is 11.5. The molecule has 0 atom stereocenters. The van der Waals surface area contributed by atoms with Gasteiger partial charge in [-0.25, -0.2) is 0 Å². The molecule has 1 saturated heterocycles. The van der Waals surface area contributed by atoms with Crippen LogP contribution in [-0.2, 0) is 0 Å². The van der Waals surface area contributed by atoms with Gasteiger partial charge < -0.3 is 10.2 Å². The molecule has 21 heavy (non-hydrogen) atoms. The fraction of sp³-hybridized carbons (Fsp3) is 0.625. The molecule has 5 heteroatoms. The molecule has 1 N–H and O–H groups in total. The molecule has 1 aromatic carbocycles. The first-order valence-corrected chi connectivity index (χ1v) is 7.93. The zero-order chi connectivity index (χ0) is 15.2. The number of benzene rings is 1. The van der Waals surface area contributed by atoms with Crippen LogP contribution in [0.3, 0.4) is 0 Å². The molecule has 0 aromatic heterocycles. The Bertz CT molecular complexity index is 482. The molecule has 1 fully saturated rings. The SMILES string of the molecule is CCCC1CCN(c2cccc(NCC)c2[N+](=O)[O-])CC1. The average Bonchev–Trinajstić information content (AvgIpc) is 2.48. The van der Waals surface area contributed by atoms with Gasteiger partial charge in [0.05, 0.1) is 4.92 Å². The van der Waals surface area contributed by atoms with Crippen molar-refractivity contribution in [3.63, 3.8) is 0 Å². The highest BCUT2D eigenvalue weighted by molar-refractivity contribution is 5.77. The second kappa shape index (κ2) is 7.29. The second-order valence-corrected chi connectivity index (χ2v) is 5.68. The van der Waals surface area contributed by atoms with E-state index >= 15 is 0 Å². The number of nitro benzene ring substituents is 1. The van der Waals surface area contributed by atoms with Crippen molar-refractivity contribution in [3.8, 4) is 0 Å². The standard InChI is InChI=1S/C16H25N3O2/c1-3-6-13-9-11-18(12-10-13)15-8-5-7-14(17-4-2)16(15)19(20)21/h5,7-8,13,17H,3-4,6,9-12H2,1-2H3. The van der Waals surface area contributed by atoms with Crippen molar-refractivity contribution in [2.24, 2.45) is 5.92 Å². The number of nitrogens with one attached hydrogen (secondary N) is 1. The van der Waals surface area contributed by atoms with Gasteiger partial charge in [0.25, 0.3) is 0 Å². The Morgan fingerprint density at radius 3 is 2.62 bits per heavy atom. The van der Waals surface area contributed by atoms with Gasteiger partial charge in [0.2, 0.25) is 0 Å². The molecule has 116 valence electrons. The van der Waals surface area contributed by atoms with Crippen molar-refractivity contribution >= 4 is 17.1 Å². The number of para-hydroxylation sites is 1. The van der Waals surface area contributed by atoms with Crippen molar-refractivity contribution in [2.45, 2.75) is 39.5 Å². The first-order chi connectivity index (χ1) is 10.2. The summed E-state index contributed by atoms with van der Waals surface area (Å²) in [5, 5.41) is 14.6. The normalized spacial score (nSPS) is 16.0. The van der Waals surface area contributed by atoms with E-state index in [1.807, 2.05) is 19.1 Å². The quantitative estimate of drug-likeness (QED) is 0.634. The molecule has 1 aromatic rings. The van der Waals surface area contributed by atoms with Gasteiger partial charge in [-0.1, -0.05) is 25.8 Å². The Hall–Kier alpha value is -1.78. The minimum absolute atomic E-state index is 0.216. The first-order valence-electron chi connectivity index (χ1n) is 7.93. The molecule has 0 radical (unpaired) electrons.